The zero-order valence-electron chi connectivity index (χ0n) is 9.32. The molecule has 15 heavy (non-hydrogen) atoms. The lowest BCUT2D eigenvalue weighted by atomic mass is 9.94. The number of carboxylic acids is 1. The van der Waals surface area contributed by atoms with Crippen LogP contribution in [0.3, 0.4) is 0 Å². The number of amides is 1. The van der Waals surface area contributed by atoms with Gasteiger partial charge in [0.15, 0.2) is 0 Å². The summed E-state index contributed by atoms with van der Waals surface area (Å²) in [7, 11) is 0. The van der Waals surface area contributed by atoms with E-state index in [1.165, 1.54) is 0 Å². The topological polar surface area (TPSA) is 66.8 Å². The van der Waals surface area contributed by atoms with Gasteiger partial charge in [-0.15, -0.1) is 0 Å². The molecule has 0 aromatic rings. The molecule has 0 bridgehead atoms. The largest absolute Gasteiger partial charge is 0.480 e. The van der Waals surface area contributed by atoms with Gasteiger partial charge in [-0.05, 0) is 6.92 Å². The van der Waals surface area contributed by atoms with Crippen molar-refractivity contribution in [2.75, 3.05) is 19.7 Å². The van der Waals surface area contributed by atoms with Gasteiger partial charge in [0.05, 0.1) is 13.1 Å². The highest BCUT2D eigenvalue weighted by Gasteiger charge is 2.43. The van der Waals surface area contributed by atoms with Crippen LogP contribution < -0.4 is 0 Å². The second-order valence-electron chi connectivity index (χ2n) is 4.48. The summed E-state index contributed by atoms with van der Waals surface area (Å²) in [6.45, 7) is 6.17. The van der Waals surface area contributed by atoms with E-state index in [0.717, 1.165) is 0 Å². The number of ether oxygens (including phenoxy) is 1. The maximum absolute atomic E-state index is 11.5. The van der Waals surface area contributed by atoms with E-state index in [2.05, 4.69) is 0 Å². The second kappa shape index (κ2) is 4.18. The zero-order valence-corrected chi connectivity index (χ0v) is 9.32. The average molecular weight is 215 g/mol. The summed E-state index contributed by atoms with van der Waals surface area (Å²) in [5.41, 5.74) is -0.483. The smallest absolute Gasteiger partial charge is 0.329 e. The third kappa shape index (κ3) is 2.92. The van der Waals surface area contributed by atoms with Crippen molar-refractivity contribution in [3.05, 3.63) is 0 Å². The summed E-state index contributed by atoms with van der Waals surface area (Å²) in [5, 5.41) is 8.45. The van der Waals surface area contributed by atoms with E-state index in [4.69, 9.17) is 9.84 Å². The molecule has 5 heteroatoms. The van der Waals surface area contributed by atoms with Crippen LogP contribution in [0.15, 0.2) is 0 Å². The van der Waals surface area contributed by atoms with Crippen molar-refractivity contribution >= 4 is 11.9 Å². The van der Waals surface area contributed by atoms with Crippen LogP contribution >= 0.6 is 0 Å². The molecule has 0 radical (unpaired) electrons. The van der Waals surface area contributed by atoms with Gasteiger partial charge in [-0.25, -0.2) is 4.79 Å². The van der Waals surface area contributed by atoms with Crippen molar-refractivity contribution in [1.82, 2.24) is 4.90 Å². The standard InChI is InChI=1S/C10H17NO4/c1-7(2)9(14)11-5-10(3,6-11)15-4-8(12)13/h7H,4-6H2,1-3H3,(H,12,13). The van der Waals surface area contributed by atoms with Gasteiger partial charge in [0.1, 0.15) is 12.2 Å². The number of hydrogen-bond donors (Lipinski definition) is 1. The summed E-state index contributed by atoms with van der Waals surface area (Å²) in [4.78, 5) is 23.5. The Morgan fingerprint density at radius 3 is 2.40 bits per heavy atom. The lowest BCUT2D eigenvalue weighted by Crippen LogP contribution is -2.64. The van der Waals surface area contributed by atoms with Crippen LogP contribution in [0.4, 0.5) is 0 Å². The number of aliphatic carboxylic acids is 1. The van der Waals surface area contributed by atoms with E-state index in [1.807, 2.05) is 20.8 Å². The number of nitrogens with zero attached hydrogens (tertiary/aromatic N) is 1. The van der Waals surface area contributed by atoms with Crippen molar-refractivity contribution in [2.24, 2.45) is 5.92 Å². The summed E-state index contributed by atoms with van der Waals surface area (Å²) in [6, 6.07) is 0. The predicted molar refractivity (Wildman–Crippen MR) is 53.4 cm³/mol. The Kier molecular flexibility index (Phi) is 3.34. The first kappa shape index (κ1) is 12.0. The summed E-state index contributed by atoms with van der Waals surface area (Å²) in [6.07, 6.45) is 0. The van der Waals surface area contributed by atoms with Crippen LogP contribution in [0, 0.1) is 5.92 Å². The molecule has 5 nitrogen and oxygen atoms in total. The maximum Gasteiger partial charge on any atom is 0.329 e. The summed E-state index contributed by atoms with van der Waals surface area (Å²) >= 11 is 0. The van der Waals surface area contributed by atoms with E-state index in [0.29, 0.717) is 13.1 Å². The van der Waals surface area contributed by atoms with Crippen molar-refractivity contribution < 1.29 is 19.4 Å². The van der Waals surface area contributed by atoms with Gasteiger partial charge < -0.3 is 14.7 Å². The highest BCUT2D eigenvalue weighted by atomic mass is 16.5. The van der Waals surface area contributed by atoms with Crippen LogP contribution in [-0.2, 0) is 14.3 Å². The van der Waals surface area contributed by atoms with E-state index in [-0.39, 0.29) is 18.4 Å². The molecule has 0 spiro atoms. The molecule has 1 amide bonds. The maximum atomic E-state index is 11.5. The van der Waals surface area contributed by atoms with E-state index in [1.54, 1.807) is 4.90 Å². The monoisotopic (exact) mass is 215 g/mol. The average Bonchev–Trinajstić information content (AvgIpc) is 2.08. The minimum Gasteiger partial charge on any atom is -0.480 e. The Morgan fingerprint density at radius 2 is 2.00 bits per heavy atom. The number of hydrogen-bond acceptors (Lipinski definition) is 3. The van der Waals surface area contributed by atoms with Crippen LogP contribution in [0.1, 0.15) is 20.8 Å². The third-order valence-electron chi connectivity index (χ3n) is 2.40. The molecule has 1 aliphatic rings. The highest BCUT2D eigenvalue weighted by Crippen LogP contribution is 2.25. The highest BCUT2D eigenvalue weighted by molar-refractivity contribution is 5.79. The molecule has 1 aliphatic heterocycles. The van der Waals surface area contributed by atoms with Gasteiger partial charge in [0.25, 0.3) is 0 Å². The number of carboxylic acid groups (broad SMARTS) is 1. The molecule has 0 aliphatic carbocycles. The van der Waals surface area contributed by atoms with Gasteiger partial charge in [0.2, 0.25) is 5.91 Å². The number of likely N-dealkylation sites (tertiary alicyclic amines) is 1. The van der Waals surface area contributed by atoms with Crippen molar-refractivity contribution in [3.8, 4) is 0 Å². The SMILES string of the molecule is CC(C)C(=O)N1CC(C)(OCC(=O)O)C1. The van der Waals surface area contributed by atoms with Gasteiger partial charge in [0, 0.05) is 5.92 Å². The summed E-state index contributed by atoms with van der Waals surface area (Å²) in [5.74, 6) is -0.912. The second-order valence-corrected chi connectivity index (χ2v) is 4.48. The quantitative estimate of drug-likeness (QED) is 0.734. The Hall–Kier alpha value is -1.10. The van der Waals surface area contributed by atoms with E-state index in [9.17, 15) is 9.59 Å². The molecular weight excluding hydrogens is 198 g/mol. The molecule has 1 fully saturated rings. The van der Waals surface area contributed by atoms with Gasteiger partial charge in [-0.1, -0.05) is 13.8 Å². The fourth-order valence-electron chi connectivity index (χ4n) is 1.61. The minimum absolute atomic E-state index is 0.0194. The van der Waals surface area contributed by atoms with Crippen molar-refractivity contribution in [1.29, 1.82) is 0 Å². The minimum atomic E-state index is -0.982. The molecular formula is C10H17NO4. The van der Waals surface area contributed by atoms with Crippen LogP contribution in [0.25, 0.3) is 0 Å². The fourth-order valence-corrected chi connectivity index (χ4v) is 1.61. The Balaban J connectivity index is 2.34. The van der Waals surface area contributed by atoms with Crippen molar-refractivity contribution in [3.63, 3.8) is 0 Å². The first-order chi connectivity index (χ1) is 6.84. The van der Waals surface area contributed by atoms with Gasteiger partial charge in [-0.2, -0.15) is 0 Å². The third-order valence-corrected chi connectivity index (χ3v) is 2.40. The van der Waals surface area contributed by atoms with Crippen LogP contribution in [-0.4, -0.2) is 47.2 Å². The molecule has 1 heterocycles. The molecule has 86 valence electrons. The van der Waals surface area contributed by atoms with Gasteiger partial charge >= 0.3 is 5.97 Å². The van der Waals surface area contributed by atoms with Crippen LogP contribution in [0.5, 0.6) is 0 Å². The predicted octanol–water partition coefficient (Wildman–Crippen LogP) is 0.344. The fraction of sp³-hybridized carbons (Fsp3) is 0.800. The normalized spacial score (nSPS) is 18.8. The lowest BCUT2D eigenvalue weighted by molar-refractivity contribution is -0.175. The number of carbonyl (C=O) groups is 2. The molecule has 1 rings (SSSR count). The molecule has 0 unspecified atom stereocenters. The first-order valence-electron chi connectivity index (χ1n) is 4.98. The first-order valence-corrected chi connectivity index (χ1v) is 4.98. The zero-order chi connectivity index (χ0) is 11.6. The molecule has 0 aromatic carbocycles. The van der Waals surface area contributed by atoms with Crippen LogP contribution in [0.2, 0.25) is 0 Å². The lowest BCUT2D eigenvalue weighted by Gasteiger charge is -2.47. The molecule has 0 aromatic heterocycles. The molecule has 0 saturated carbocycles. The molecule has 0 atom stereocenters. The molecule has 1 saturated heterocycles. The van der Waals surface area contributed by atoms with Crippen molar-refractivity contribution in [2.45, 2.75) is 26.4 Å². The number of carbonyl (C=O) groups excluding carboxylic acids is 1. The Bertz CT molecular complexity index is 269. The summed E-state index contributed by atoms with van der Waals surface area (Å²) < 4.78 is 5.19. The molecule has 1 N–H and O–H groups in total. The van der Waals surface area contributed by atoms with E-state index < -0.39 is 11.6 Å². The van der Waals surface area contributed by atoms with E-state index >= 15 is 0 Å². The van der Waals surface area contributed by atoms with Gasteiger partial charge in [-0.3, -0.25) is 4.79 Å². The number of rotatable bonds is 4. The Labute approximate surface area is 89.0 Å². The Morgan fingerprint density at radius 1 is 1.47 bits per heavy atom.